The lowest BCUT2D eigenvalue weighted by molar-refractivity contribution is -0.130. The van der Waals surface area contributed by atoms with E-state index in [0.29, 0.717) is 22.4 Å². The van der Waals surface area contributed by atoms with Gasteiger partial charge in [-0.3, -0.25) is 14.4 Å². The summed E-state index contributed by atoms with van der Waals surface area (Å²) in [6, 6.07) is 27.7. The number of aryl methyl sites for hydroxylation is 1. The van der Waals surface area contributed by atoms with Gasteiger partial charge in [0.2, 0.25) is 11.8 Å². The monoisotopic (exact) mass is 686 g/mol. The summed E-state index contributed by atoms with van der Waals surface area (Å²) in [5.74, 6) is -3.02. The number of para-hydroxylation sites is 2. The number of aliphatic hydroxyl groups excluding tert-OH is 1. The molecular weight excluding hydrogens is 647 g/mol. The molecule has 1 unspecified atom stereocenters. The Morgan fingerprint density at radius 3 is 1.86 bits per heavy atom. The molecule has 3 amide bonds. The van der Waals surface area contributed by atoms with Crippen LogP contribution in [0.2, 0.25) is 0 Å². The number of guanidine groups is 1. The van der Waals surface area contributed by atoms with E-state index in [1.165, 1.54) is 6.92 Å². The molecule has 0 bridgehead atoms. The third-order valence-corrected chi connectivity index (χ3v) is 9.22. The van der Waals surface area contributed by atoms with E-state index in [1.54, 1.807) is 116 Å². The lowest BCUT2D eigenvalue weighted by Gasteiger charge is -2.29. The van der Waals surface area contributed by atoms with Crippen LogP contribution < -0.4 is 36.5 Å². The summed E-state index contributed by atoms with van der Waals surface area (Å²) in [7, 11) is -4.29. The summed E-state index contributed by atoms with van der Waals surface area (Å²) in [5.41, 5.74) is 13.1. The minimum Gasteiger partial charge on any atom is -0.415 e. The van der Waals surface area contributed by atoms with Gasteiger partial charge in [0.1, 0.15) is 23.6 Å². The minimum atomic E-state index is -4.29. The van der Waals surface area contributed by atoms with Gasteiger partial charge < -0.3 is 41.6 Å². The first-order valence-corrected chi connectivity index (χ1v) is 16.9. The third-order valence-electron chi connectivity index (χ3n) is 7.21. The highest BCUT2D eigenvalue weighted by atomic mass is 31.2. The van der Waals surface area contributed by atoms with E-state index in [2.05, 4.69) is 20.9 Å². The number of aliphatic hydroxyl groups is 1. The number of nitrogens with two attached hydrogens (primary N) is 2. The van der Waals surface area contributed by atoms with Gasteiger partial charge in [-0.05, 0) is 67.4 Å². The predicted molar refractivity (Wildman–Crippen MR) is 186 cm³/mol. The molecule has 4 rings (SSSR count). The topological polar surface area (TPSA) is 207 Å². The quantitative estimate of drug-likeness (QED) is 0.0613. The number of rotatable bonds is 15. The highest BCUT2D eigenvalue weighted by Gasteiger charge is 2.41. The van der Waals surface area contributed by atoms with Crippen molar-refractivity contribution in [2.24, 2.45) is 16.5 Å². The van der Waals surface area contributed by atoms with Crippen molar-refractivity contribution in [1.29, 1.82) is 0 Å². The minimum absolute atomic E-state index is 0.0306. The number of carbonyl (C=O) groups excluding carboxylic acids is 3. The van der Waals surface area contributed by atoms with Crippen LogP contribution in [0.5, 0.6) is 11.5 Å². The van der Waals surface area contributed by atoms with Gasteiger partial charge in [-0.1, -0.05) is 66.7 Å². The second-order valence-electron chi connectivity index (χ2n) is 11.0. The molecule has 256 valence electrons. The molecule has 4 aromatic carbocycles. The molecule has 0 aliphatic heterocycles. The van der Waals surface area contributed by atoms with Crippen molar-refractivity contribution in [3.05, 3.63) is 126 Å². The van der Waals surface area contributed by atoms with Crippen molar-refractivity contribution in [1.82, 2.24) is 16.0 Å². The number of hydrogen-bond acceptors (Lipinski definition) is 8. The maximum absolute atomic E-state index is 14.8. The van der Waals surface area contributed by atoms with E-state index in [1.807, 2.05) is 0 Å². The first-order chi connectivity index (χ1) is 23.5. The number of aliphatic imine (C=N–C) groups is 1. The Balaban J connectivity index is 1.59. The van der Waals surface area contributed by atoms with Gasteiger partial charge in [0.05, 0.1) is 12.3 Å². The van der Waals surface area contributed by atoms with E-state index in [9.17, 15) is 24.1 Å². The maximum Gasteiger partial charge on any atom is 0.453 e. The zero-order valence-corrected chi connectivity index (χ0v) is 27.9. The van der Waals surface area contributed by atoms with Gasteiger partial charge in [0.15, 0.2) is 11.7 Å². The lowest BCUT2D eigenvalue weighted by atomic mass is 10.1. The smallest absolute Gasteiger partial charge is 0.415 e. The van der Waals surface area contributed by atoms with E-state index in [-0.39, 0.29) is 23.9 Å². The van der Waals surface area contributed by atoms with Crippen molar-refractivity contribution in [3.8, 4) is 11.5 Å². The van der Waals surface area contributed by atoms with Crippen molar-refractivity contribution in [2.75, 3.05) is 6.61 Å². The summed E-state index contributed by atoms with van der Waals surface area (Å²) in [6.07, 6.45) is -0.0306. The van der Waals surface area contributed by atoms with Crippen molar-refractivity contribution >= 4 is 37.0 Å². The molecule has 13 nitrogen and oxygen atoms in total. The molecule has 0 spiro atoms. The normalized spacial score (nSPS) is 12.8. The number of nitrogens with one attached hydrogen (secondary N) is 3. The molecule has 0 saturated carbocycles. The standard InChI is InChI=1S/C35H39N6O7P/c1-23-11-9-10-16-29(23)33(44)40-30(22-42)34(45)38-24(2)32(43)41-31(21-25-17-19-26(20-18-25)39-35(36)37)49(46,47-27-12-5-3-6-13-27)48-28-14-7-4-8-15-28/h3-20,24,30-31,42H,21-22H2,1-2H3,(H,38,45)(H,40,44)(H,41,43)(H4,36,37,39)/t24-,30+,31?/m0/s1. The fourth-order valence-corrected chi connectivity index (χ4v) is 6.49. The Morgan fingerprint density at radius 2 is 1.33 bits per heavy atom. The molecule has 0 aliphatic rings. The average Bonchev–Trinajstić information content (AvgIpc) is 3.08. The second kappa shape index (κ2) is 17.0. The van der Waals surface area contributed by atoms with Gasteiger partial charge in [-0.25, -0.2) is 9.56 Å². The summed E-state index contributed by atoms with van der Waals surface area (Å²) in [5, 5.41) is 17.7. The van der Waals surface area contributed by atoms with Crippen molar-refractivity contribution in [2.45, 2.75) is 38.1 Å². The molecule has 0 radical (unpaired) electrons. The zero-order valence-electron chi connectivity index (χ0n) is 27.0. The van der Waals surface area contributed by atoms with Crippen LogP contribution >= 0.6 is 7.60 Å². The molecule has 0 heterocycles. The maximum atomic E-state index is 14.8. The van der Waals surface area contributed by atoms with Crippen LogP contribution in [-0.4, -0.2) is 53.3 Å². The highest BCUT2D eigenvalue weighted by Crippen LogP contribution is 2.53. The Kier molecular flexibility index (Phi) is 12.5. The summed E-state index contributed by atoms with van der Waals surface area (Å²) >= 11 is 0. The number of hydrogen-bond donors (Lipinski definition) is 6. The van der Waals surface area contributed by atoms with Gasteiger partial charge in [-0.2, -0.15) is 0 Å². The summed E-state index contributed by atoms with van der Waals surface area (Å²) in [6.45, 7) is 2.43. The molecule has 49 heavy (non-hydrogen) atoms. The first-order valence-electron chi connectivity index (χ1n) is 15.3. The molecule has 0 aromatic heterocycles. The van der Waals surface area contributed by atoms with E-state index in [4.69, 9.17) is 20.5 Å². The Morgan fingerprint density at radius 1 is 0.776 bits per heavy atom. The van der Waals surface area contributed by atoms with Gasteiger partial charge in [0, 0.05) is 12.0 Å². The average molecular weight is 687 g/mol. The van der Waals surface area contributed by atoms with Crippen molar-refractivity contribution < 1.29 is 33.1 Å². The fourth-order valence-electron chi connectivity index (χ4n) is 4.65. The molecular formula is C35H39N6O7P. The molecule has 0 saturated heterocycles. The molecule has 8 N–H and O–H groups in total. The first kappa shape index (κ1) is 36.2. The predicted octanol–water partition coefficient (Wildman–Crippen LogP) is 3.53. The Hall–Kier alpha value is -5.65. The zero-order chi connectivity index (χ0) is 35.4. The van der Waals surface area contributed by atoms with Crippen LogP contribution in [0, 0.1) is 6.92 Å². The molecule has 14 heteroatoms. The summed E-state index contributed by atoms with van der Waals surface area (Å²) in [4.78, 5) is 43.6. The Bertz CT molecular complexity index is 1760. The second-order valence-corrected chi connectivity index (χ2v) is 13.1. The van der Waals surface area contributed by atoms with Gasteiger partial charge >= 0.3 is 7.60 Å². The van der Waals surface area contributed by atoms with Crippen LogP contribution in [0.3, 0.4) is 0 Å². The Labute approximate surface area is 284 Å². The van der Waals surface area contributed by atoms with Gasteiger partial charge in [0.25, 0.3) is 5.91 Å². The van der Waals surface area contributed by atoms with E-state index < -0.39 is 49.8 Å². The van der Waals surface area contributed by atoms with Crippen LogP contribution in [0.1, 0.15) is 28.4 Å². The van der Waals surface area contributed by atoms with E-state index in [0.717, 1.165) is 0 Å². The lowest BCUT2D eigenvalue weighted by Crippen LogP contribution is -2.55. The van der Waals surface area contributed by atoms with Crippen LogP contribution in [0.25, 0.3) is 0 Å². The van der Waals surface area contributed by atoms with Crippen LogP contribution in [0.4, 0.5) is 5.69 Å². The SMILES string of the molecule is Cc1ccccc1C(=O)N[C@H](CO)C(=O)N[C@@H](C)C(=O)NC(Cc1ccc(N=C(N)N)cc1)P(=O)(Oc1ccccc1)Oc1ccccc1. The van der Waals surface area contributed by atoms with Gasteiger partial charge in [-0.15, -0.1) is 0 Å². The molecule has 4 aromatic rings. The number of nitrogens with zero attached hydrogens (tertiary/aromatic N) is 1. The van der Waals surface area contributed by atoms with Crippen LogP contribution in [0.15, 0.2) is 114 Å². The largest absolute Gasteiger partial charge is 0.453 e. The number of carbonyl (C=O) groups is 3. The number of amides is 3. The molecule has 0 aliphatic carbocycles. The molecule has 0 fully saturated rings. The van der Waals surface area contributed by atoms with Crippen LogP contribution in [-0.2, 0) is 20.6 Å². The van der Waals surface area contributed by atoms with E-state index >= 15 is 0 Å². The third kappa shape index (κ3) is 10.4. The van der Waals surface area contributed by atoms with Crippen molar-refractivity contribution in [3.63, 3.8) is 0 Å². The molecule has 3 atom stereocenters. The number of benzene rings is 4. The highest BCUT2D eigenvalue weighted by molar-refractivity contribution is 7.55. The fraction of sp³-hybridized carbons (Fsp3) is 0.200. The summed E-state index contributed by atoms with van der Waals surface area (Å²) < 4.78 is 26.9.